The third-order valence-electron chi connectivity index (χ3n) is 3.14. The topological polar surface area (TPSA) is 9.23 Å². The van der Waals surface area contributed by atoms with Crippen LogP contribution in [0.5, 0.6) is 0 Å². The van der Waals surface area contributed by atoms with Crippen molar-refractivity contribution >= 4 is 11.6 Å². The lowest BCUT2D eigenvalue weighted by Gasteiger charge is -2.35. The average Bonchev–Trinajstić information content (AvgIpc) is 2.30. The summed E-state index contributed by atoms with van der Waals surface area (Å²) in [7, 11) is 0. The first-order chi connectivity index (χ1) is 7.33. The number of benzene rings is 1. The van der Waals surface area contributed by atoms with Crippen molar-refractivity contribution in [2.75, 3.05) is 6.61 Å². The number of rotatable bonds is 2. The van der Waals surface area contributed by atoms with Gasteiger partial charge < -0.3 is 4.74 Å². The fourth-order valence-corrected chi connectivity index (χ4v) is 2.69. The largest absolute Gasteiger partial charge is 0.373 e. The molecule has 3 atom stereocenters. The van der Waals surface area contributed by atoms with Gasteiger partial charge in [-0.05, 0) is 18.4 Å². The van der Waals surface area contributed by atoms with Crippen molar-refractivity contribution < 1.29 is 4.74 Å². The SMILES string of the molecule is CC[C@@H]1[C@H](Cl)CCO[C@@H]1c1ccccc1. The summed E-state index contributed by atoms with van der Waals surface area (Å²) in [5.41, 5.74) is 1.26. The summed E-state index contributed by atoms with van der Waals surface area (Å²) >= 11 is 6.35. The van der Waals surface area contributed by atoms with Gasteiger partial charge in [0.15, 0.2) is 0 Å². The van der Waals surface area contributed by atoms with Crippen LogP contribution in [0.1, 0.15) is 31.4 Å². The molecule has 1 aliphatic heterocycles. The molecule has 2 rings (SSSR count). The fourth-order valence-electron chi connectivity index (χ4n) is 2.29. The molecule has 15 heavy (non-hydrogen) atoms. The Morgan fingerprint density at radius 1 is 1.33 bits per heavy atom. The summed E-state index contributed by atoms with van der Waals surface area (Å²) in [4.78, 5) is 0. The molecule has 82 valence electrons. The van der Waals surface area contributed by atoms with E-state index in [1.807, 2.05) is 6.07 Å². The first-order valence-corrected chi connectivity index (χ1v) is 6.07. The zero-order valence-electron chi connectivity index (χ0n) is 9.03. The van der Waals surface area contributed by atoms with E-state index in [4.69, 9.17) is 16.3 Å². The van der Waals surface area contributed by atoms with Gasteiger partial charge >= 0.3 is 0 Å². The smallest absolute Gasteiger partial charge is 0.0867 e. The van der Waals surface area contributed by atoms with Crippen LogP contribution in [0, 0.1) is 5.92 Å². The molecule has 1 aliphatic rings. The van der Waals surface area contributed by atoms with Crippen molar-refractivity contribution in [3.05, 3.63) is 35.9 Å². The molecule has 0 aliphatic carbocycles. The van der Waals surface area contributed by atoms with Crippen LogP contribution in [-0.2, 0) is 4.74 Å². The summed E-state index contributed by atoms with van der Waals surface area (Å²) < 4.78 is 5.85. The Morgan fingerprint density at radius 2 is 2.07 bits per heavy atom. The van der Waals surface area contributed by atoms with E-state index in [-0.39, 0.29) is 11.5 Å². The van der Waals surface area contributed by atoms with Crippen LogP contribution in [0.4, 0.5) is 0 Å². The Morgan fingerprint density at radius 3 is 2.73 bits per heavy atom. The molecular weight excluding hydrogens is 208 g/mol. The lowest BCUT2D eigenvalue weighted by molar-refractivity contribution is -0.0269. The van der Waals surface area contributed by atoms with Crippen LogP contribution in [0.3, 0.4) is 0 Å². The minimum Gasteiger partial charge on any atom is -0.373 e. The molecule has 1 aromatic carbocycles. The molecule has 2 heteroatoms. The molecule has 1 heterocycles. The van der Waals surface area contributed by atoms with Gasteiger partial charge in [-0.2, -0.15) is 0 Å². The lowest BCUT2D eigenvalue weighted by Crippen LogP contribution is -2.31. The summed E-state index contributed by atoms with van der Waals surface area (Å²) in [6, 6.07) is 10.4. The predicted octanol–water partition coefficient (Wildman–Crippen LogP) is 3.78. The van der Waals surface area contributed by atoms with Crippen molar-refractivity contribution in [1.29, 1.82) is 0 Å². The molecule has 0 radical (unpaired) electrons. The van der Waals surface area contributed by atoms with Gasteiger partial charge in [-0.15, -0.1) is 11.6 Å². The van der Waals surface area contributed by atoms with Gasteiger partial charge in [-0.25, -0.2) is 0 Å². The van der Waals surface area contributed by atoms with Crippen LogP contribution in [0.15, 0.2) is 30.3 Å². The van der Waals surface area contributed by atoms with E-state index in [9.17, 15) is 0 Å². The van der Waals surface area contributed by atoms with Crippen LogP contribution in [0.25, 0.3) is 0 Å². The van der Waals surface area contributed by atoms with E-state index in [1.165, 1.54) is 5.56 Å². The minimum absolute atomic E-state index is 0.187. The molecule has 0 unspecified atom stereocenters. The Kier molecular flexibility index (Phi) is 3.66. The van der Waals surface area contributed by atoms with Gasteiger partial charge in [-0.1, -0.05) is 37.3 Å². The third-order valence-corrected chi connectivity index (χ3v) is 3.69. The first kappa shape index (κ1) is 11.0. The molecule has 0 N–H and O–H groups in total. The normalized spacial score (nSPS) is 31.5. The number of halogens is 1. The molecule has 1 saturated heterocycles. The average molecular weight is 225 g/mol. The zero-order valence-corrected chi connectivity index (χ0v) is 9.78. The Hall–Kier alpha value is -0.530. The van der Waals surface area contributed by atoms with Crippen molar-refractivity contribution in [3.63, 3.8) is 0 Å². The summed E-state index contributed by atoms with van der Waals surface area (Å²) in [5, 5.41) is 0.258. The van der Waals surface area contributed by atoms with E-state index >= 15 is 0 Å². The van der Waals surface area contributed by atoms with Gasteiger partial charge in [0.25, 0.3) is 0 Å². The highest BCUT2D eigenvalue weighted by Gasteiger charge is 2.32. The van der Waals surface area contributed by atoms with Gasteiger partial charge in [0.05, 0.1) is 6.10 Å². The molecule has 1 nitrogen and oxygen atoms in total. The van der Waals surface area contributed by atoms with Crippen LogP contribution in [-0.4, -0.2) is 12.0 Å². The van der Waals surface area contributed by atoms with E-state index in [0.717, 1.165) is 19.4 Å². The molecule has 1 aromatic rings. The summed E-state index contributed by atoms with van der Waals surface area (Å²) in [6.45, 7) is 2.97. The Bertz CT molecular complexity index is 299. The lowest BCUT2D eigenvalue weighted by atomic mass is 9.87. The molecule has 0 aromatic heterocycles. The van der Waals surface area contributed by atoms with Crippen LogP contribution < -0.4 is 0 Å². The van der Waals surface area contributed by atoms with Crippen molar-refractivity contribution in [2.45, 2.75) is 31.2 Å². The van der Waals surface area contributed by atoms with E-state index in [0.29, 0.717) is 5.92 Å². The summed E-state index contributed by atoms with van der Waals surface area (Å²) in [6.07, 6.45) is 2.24. The van der Waals surface area contributed by atoms with Crippen molar-refractivity contribution in [1.82, 2.24) is 0 Å². The maximum atomic E-state index is 6.35. The maximum absolute atomic E-state index is 6.35. The van der Waals surface area contributed by atoms with E-state index < -0.39 is 0 Å². The highest BCUT2D eigenvalue weighted by molar-refractivity contribution is 6.20. The molecule has 0 amide bonds. The molecule has 1 fully saturated rings. The highest BCUT2D eigenvalue weighted by atomic mass is 35.5. The Balaban J connectivity index is 2.19. The second kappa shape index (κ2) is 5.00. The van der Waals surface area contributed by atoms with Gasteiger partial charge in [0, 0.05) is 17.9 Å². The van der Waals surface area contributed by atoms with Crippen molar-refractivity contribution in [2.24, 2.45) is 5.92 Å². The maximum Gasteiger partial charge on any atom is 0.0867 e. The van der Waals surface area contributed by atoms with Crippen LogP contribution >= 0.6 is 11.6 Å². The van der Waals surface area contributed by atoms with Gasteiger partial charge in [0.1, 0.15) is 0 Å². The molecule has 0 bridgehead atoms. The van der Waals surface area contributed by atoms with E-state index in [1.54, 1.807) is 0 Å². The third kappa shape index (κ3) is 2.35. The zero-order chi connectivity index (χ0) is 10.7. The van der Waals surface area contributed by atoms with E-state index in [2.05, 4.69) is 31.2 Å². The number of hydrogen-bond acceptors (Lipinski definition) is 1. The van der Waals surface area contributed by atoms with Gasteiger partial charge in [0.2, 0.25) is 0 Å². The number of alkyl halides is 1. The predicted molar refractivity (Wildman–Crippen MR) is 63.2 cm³/mol. The quantitative estimate of drug-likeness (QED) is 0.695. The minimum atomic E-state index is 0.187. The fraction of sp³-hybridized carbons (Fsp3) is 0.538. The second-order valence-corrected chi connectivity index (χ2v) is 4.64. The number of ether oxygens (including phenoxy) is 1. The Labute approximate surface area is 96.4 Å². The monoisotopic (exact) mass is 224 g/mol. The molecule has 0 saturated carbocycles. The van der Waals surface area contributed by atoms with Crippen molar-refractivity contribution in [3.8, 4) is 0 Å². The van der Waals surface area contributed by atoms with Gasteiger partial charge in [-0.3, -0.25) is 0 Å². The van der Waals surface area contributed by atoms with Crippen LogP contribution in [0.2, 0.25) is 0 Å². The number of hydrogen-bond donors (Lipinski definition) is 0. The molecule has 0 spiro atoms. The summed E-state index contributed by atoms with van der Waals surface area (Å²) in [5.74, 6) is 0.447. The first-order valence-electron chi connectivity index (χ1n) is 5.63. The standard InChI is InChI=1S/C13H17ClO/c1-2-11-12(14)8-9-15-13(11)10-6-4-3-5-7-10/h3-7,11-13H,2,8-9H2,1H3/t11-,12-,13-/m1/s1. The second-order valence-electron chi connectivity index (χ2n) is 4.08. The highest BCUT2D eigenvalue weighted by Crippen LogP contribution is 2.38. The molecular formula is C13H17ClO.